The van der Waals surface area contributed by atoms with Gasteiger partial charge in [0.15, 0.2) is 11.4 Å². The SMILES string of the molecule is COc1ccc(C2CCN(C(=O)c3nn(-c4cccc(C(F)(F)F)c4)cc3OC)C2)cc1. The van der Waals surface area contributed by atoms with E-state index in [1.165, 1.54) is 30.1 Å². The molecule has 2 heterocycles. The van der Waals surface area contributed by atoms with E-state index in [4.69, 9.17) is 9.47 Å². The van der Waals surface area contributed by atoms with Gasteiger partial charge in [0, 0.05) is 19.0 Å². The monoisotopic (exact) mass is 445 g/mol. The molecule has 1 atom stereocenters. The number of aromatic nitrogens is 2. The highest BCUT2D eigenvalue weighted by molar-refractivity contribution is 5.95. The molecule has 1 fully saturated rings. The van der Waals surface area contributed by atoms with Gasteiger partial charge in [0.25, 0.3) is 5.91 Å². The number of rotatable bonds is 5. The van der Waals surface area contributed by atoms with Crippen molar-refractivity contribution in [3.63, 3.8) is 0 Å². The molecule has 1 aromatic heterocycles. The number of alkyl halides is 3. The number of amides is 1. The normalized spacial score (nSPS) is 16.3. The third-order valence-electron chi connectivity index (χ3n) is 5.60. The third kappa shape index (κ3) is 4.28. The molecule has 1 aliphatic rings. The summed E-state index contributed by atoms with van der Waals surface area (Å²) in [6.45, 7) is 1.07. The molecule has 0 aliphatic carbocycles. The number of ether oxygens (including phenoxy) is 2. The summed E-state index contributed by atoms with van der Waals surface area (Å²) in [5.41, 5.74) is 0.580. The second-order valence-electron chi connectivity index (χ2n) is 7.55. The molecular formula is C23H22F3N3O3. The Kier molecular flexibility index (Phi) is 5.82. The van der Waals surface area contributed by atoms with Gasteiger partial charge in [-0.25, -0.2) is 4.68 Å². The number of carbonyl (C=O) groups is 1. The van der Waals surface area contributed by atoms with Crippen LogP contribution < -0.4 is 9.47 Å². The van der Waals surface area contributed by atoms with Gasteiger partial charge in [-0.2, -0.15) is 18.3 Å². The van der Waals surface area contributed by atoms with Gasteiger partial charge in [0.05, 0.1) is 31.7 Å². The smallest absolute Gasteiger partial charge is 0.416 e. The largest absolute Gasteiger partial charge is 0.497 e. The first-order valence-electron chi connectivity index (χ1n) is 10.0. The summed E-state index contributed by atoms with van der Waals surface area (Å²) < 4.78 is 50.9. The lowest BCUT2D eigenvalue weighted by Gasteiger charge is -2.16. The number of hydrogen-bond acceptors (Lipinski definition) is 4. The van der Waals surface area contributed by atoms with E-state index in [-0.39, 0.29) is 29.0 Å². The predicted molar refractivity (Wildman–Crippen MR) is 111 cm³/mol. The van der Waals surface area contributed by atoms with E-state index in [9.17, 15) is 18.0 Å². The quantitative estimate of drug-likeness (QED) is 0.579. The zero-order valence-electron chi connectivity index (χ0n) is 17.6. The molecule has 6 nitrogen and oxygen atoms in total. The summed E-state index contributed by atoms with van der Waals surface area (Å²) >= 11 is 0. The van der Waals surface area contributed by atoms with Crippen LogP contribution in [0.2, 0.25) is 0 Å². The molecular weight excluding hydrogens is 423 g/mol. The molecule has 2 aromatic carbocycles. The number of halogens is 3. The molecule has 3 aromatic rings. The fourth-order valence-corrected chi connectivity index (χ4v) is 3.86. The van der Waals surface area contributed by atoms with Gasteiger partial charge in [-0.15, -0.1) is 0 Å². The van der Waals surface area contributed by atoms with Crippen molar-refractivity contribution in [1.29, 1.82) is 0 Å². The highest BCUT2D eigenvalue weighted by Crippen LogP contribution is 2.32. The Morgan fingerprint density at radius 2 is 1.84 bits per heavy atom. The minimum absolute atomic E-state index is 0.0697. The van der Waals surface area contributed by atoms with Gasteiger partial charge in [-0.05, 0) is 42.3 Å². The maximum Gasteiger partial charge on any atom is 0.416 e. The summed E-state index contributed by atoms with van der Waals surface area (Å²) in [4.78, 5) is 14.8. The first-order chi connectivity index (χ1) is 15.3. The average molecular weight is 445 g/mol. The van der Waals surface area contributed by atoms with E-state index in [1.807, 2.05) is 24.3 Å². The number of nitrogens with zero attached hydrogens (tertiary/aromatic N) is 3. The molecule has 0 N–H and O–H groups in total. The Morgan fingerprint density at radius 3 is 2.50 bits per heavy atom. The molecule has 1 amide bonds. The molecule has 0 saturated carbocycles. The zero-order valence-corrected chi connectivity index (χ0v) is 17.6. The number of carbonyl (C=O) groups excluding carboxylic acids is 1. The van der Waals surface area contributed by atoms with Crippen LogP contribution >= 0.6 is 0 Å². The lowest BCUT2D eigenvalue weighted by Crippen LogP contribution is -2.29. The predicted octanol–water partition coefficient (Wildman–Crippen LogP) is 4.54. The minimum atomic E-state index is -4.47. The Labute approximate surface area is 183 Å². The van der Waals surface area contributed by atoms with Crippen molar-refractivity contribution in [2.24, 2.45) is 0 Å². The maximum atomic E-state index is 13.1. The van der Waals surface area contributed by atoms with E-state index >= 15 is 0 Å². The summed E-state index contributed by atoms with van der Waals surface area (Å²) in [7, 11) is 3.01. The van der Waals surface area contributed by atoms with Gasteiger partial charge < -0.3 is 14.4 Å². The van der Waals surface area contributed by atoms with E-state index in [1.54, 1.807) is 12.0 Å². The van der Waals surface area contributed by atoms with Crippen LogP contribution in [0.5, 0.6) is 11.5 Å². The fraction of sp³-hybridized carbons (Fsp3) is 0.304. The van der Waals surface area contributed by atoms with Crippen LogP contribution in [-0.2, 0) is 6.18 Å². The highest BCUT2D eigenvalue weighted by atomic mass is 19.4. The molecule has 0 bridgehead atoms. The lowest BCUT2D eigenvalue weighted by molar-refractivity contribution is -0.137. The van der Waals surface area contributed by atoms with Crippen LogP contribution in [0.3, 0.4) is 0 Å². The molecule has 9 heteroatoms. The Hall–Kier alpha value is -3.49. The number of hydrogen-bond donors (Lipinski definition) is 0. The number of likely N-dealkylation sites (tertiary alicyclic amines) is 1. The molecule has 168 valence electrons. The summed E-state index contributed by atoms with van der Waals surface area (Å²) in [5, 5.41) is 4.26. The van der Waals surface area contributed by atoms with Crippen LogP contribution in [0.15, 0.2) is 54.7 Å². The van der Waals surface area contributed by atoms with Gasteiger partial charge in [0.2, 0.25) is 0 Å². The maximum absolute atomic E-state index is 13.1. The van der Waals surface area contributed by atoms with Crippen molar-refractivity contribution >= 4 is 5.91 Å². The lowest BCUT2D eigenvalue weighted by atomic mass is 9.98. The molecule has 32 heavy (non-hydrogen) atoms. The van der Waals surface area contributed by atoms with Crippen molar-refractivity contribution in [3.8, 4) is 17.2 Å². The first-order valence-corrected chi connectivity index (χ1v) is 10.0. The van der Waals surface area contributed by atoms with Crippen molar-refractivity contribution in [3.05, 3.63) is 71.5 Å². The Morgan fingerprint density at radius 1 is 1.09 bits per heavy atom. The van der Waals surface area contributed by atoms with Crippen LogP contribution in [0.1, 0.15) is 34.0 Å². The highest BCUT2D eigenvalue weighted by Gasteiger charge is 2.32. The van der Waals surface area contributed by atoms with E-state index in [0.29, 0.717) is 13.1 Å². The molecule has 1 aliphatic heterocycles. The summed E-state index contributed by atoms with van der Waals surface area (Å²) in [6, 6.07) is 12.5. The molecule has 0 spiro atoms. The van der Waals surface area contributed by atoms with E-state index in [0.717, 1.165) is 29.9 Å². The average Bonchev–Trinajstić information content (AvgIpc) is 3.46. The Balaban J connectivity index is 1.55. The van der Waals surface area contributed by atoms with Gasteiger partial charge in [-0.3, -0.25) is 4.79 Å². The number of methoxy groups -OCH3 is 2. The van der Waals surface area contributed by atoms with Gasteiger partial charge >= 0.3 is 6.18 Å². The second-order valence-corrected chi connectivity index (χ2v) is 7.55. The summed E-state index contributed by atoms with van der Waals surface area (Å²) in [6.07, 6.45) is -2.26. The summed E-state index contributed by atoms with van der Waals surface area (Å²) in [5.74, 6) is 0.842. The van der Waals surface area contributed by atoms with E-state index < -0.39 is 11.7 Å². The van der Waals surface area contributed by atoms with Crippen molar-refractivity contribution in [2.75, 3.05) is 27.3 Å². The van der Waals surface area contributed by atoms with Crippen molar-refractivity contribution in [2.45, 2.75) is 18.5 Å². The third-order valence-corrected chi connectivity index (χ3v) is 5.60. The van der Waals surface area contributed by atoms with Crippen LogP contribution in [-0.4, -0.2) is 47.9 Å². The molecule has 4 rings (SSSR count). The van der Waals surface area contributed by atoms with Crippen molar-refractivity contribution < 1.29 is 27.4 Å². The molecule has 1 unspecified atom stereocenters. The van der Waals surface area contributed by atoms with E-state index in [2.05, 4.69) is 5.10 Å². The van der Waals surface area contributed by atoms with Crippen LogP contribution in [0, 0.1) is 0 Å². The van der Waals surface area contributed by atoms with Crippen LogP contribution in [0.4, 0.5) is 13.2 Å². The fourth-order valence-electron chi connectivity index (χ4n) is 3.86. The number of benzene rings is 2. The molecule has 1 saturated heterocycles. The second kappa shape index (κ2) is 8.57. The van der Waals surface area contributed by atoms with Crippen LogP contribution in [0.25, 0.3) is 5.69 Å². The van der Waals surface area contributed by atoms with Gasteiger partial charge in [-0.1, -0.05) is 18.2 Å². The zero-order chi connectivity index (χ0) is 22.9. The standard InChI is InChI=1S/C23H22F3N3O3/c1-31-19-8-6-15(7-9-19)16-10-11-28(13-16)22(30)21-20(32-2)14-29(27-21)18-5-3-4-17(12-18)23(24,25)26/h3-9,12,14,16H,10-11,13H2,1-2H3. The van der Waals surface area contributed by atoms with Crippen molar-refractivity contribution in [1.82, 2.24) is 14.7 Å². The van der Waals surface area contributed by atoms with Gasteiger partial charge in [0.1, 0.15) is 5.75 Å². The Bertz CT molecular complexity index is 1110. The first kappa shape index (κ1) is 21.7. The minimum Gasteiger partial charge on any atom is -0.497 e. The molecule has 0 radical (unpaired) electrons. The topological polar surface area (TPSA) is 56.6 Å².